The van der Waals surface area contributed by atoms with Crippen LogP contribution < -0.4 is 10.6 Å². The number of carbonyl (C=O) groups is 2. The minimum absolute atomic E-state index is 0.00990. The molecule has 1 heterocycles. The van der Waals surface area contributed by atoms with Gasteiger partial charge in [0.25, 0.3) is 0 Å². The van der Waals surface area contributed by atoms with Crippen molar-refractivity contribution in [3.05, 3.63) is 63.6 Å². The second kappa shape index (κ2) is 14.4. The summed E-state index contributed by atoms with van der Waals surface area (Å²) in [5, 5.41) is 6.01. The number of halogens is 2. The quantitative estimate of drug-likeness (QED) is 0.328. The second-order valence-corrected chi connectivity index (χ2v) is 12.8. The van der Waals surface area contributed by atoms with Crippen LogP contribution in [0.5, 0.6) is 0 Å². The lowest BCUT2D eigenvalue weighted by molar-refractivity contribution is -0.122. The molecular weight excluding hydrogens is 579 g/mol. The lowest BCUT2D eigenvalue weighted by Crippen LogP contribution is -2.39. The van der Waals surface area contributed by atoms with Crippen LogP contribution in [-0.4, -0.2) is 81.9 Å². The van der Waals surface area contributed by atoms with Gasteiger partial charge in [0.1, 0.15) is 23.9 Å². The summed E-state index contributed by atoms with van der Waals surface area (Å²) in [5.74, 6) is 0.113. The third-order valence-electron chi connectivity index (χ3n) is 5.55. The molecule has 40 heavy (non-hydrogen) atoms. The highest BCUT2D eigenvalue weighted by atomic mass is 35.5. The normalized spacial score (nSPS) is 13.8. The van der Waals surface area contributed by atoms with Crippen LogP contribution in [0.2, 0.25) is 10.0 Å². The van der Waals surface area contributed by atoms with E-state index in [9.17, 15) is 18.0 Å². The molecule has 0 unspecified atom stereocenters. The second-order valence-electron chi connectivity index (χ2n) is 10.0. The fourth-order valence-electron chi connectivity index (χ4n) is 3.70. The van der Waals surface area contributed by atoms with Gasteiger partial charge in [0.2, 0.25) is 0 Å². The number of nitrogens with one attached hydrogen (secondary N) is 2. The number of nitrogens with zero attached hydrogens (tertiary/aromatic N) is 2. The molecule has 1 aliphatic rings. The van der Waals surface area contributed by atoms with Gasteiger partial charge in [-0.2, -0.15) is 0 Å². The van der Waals surface area contributed by atoms with Crippen LogP contribution in [0, 0.1) is 0 Å². The predicted octanol–water partition coefficient (Wildman–Crippen LogP) is 3.69. The standard InChI is InChI=1S/C27H34Cl2N4O6S/c1-27(2,3)39-26(35)33-13-11-32-25(33)20-9-7-19(8-10-20)15-31-16-21(34)17-38-14-12-30-18-40(36,37)23-6-4-5-22(28)24(23)29/h4-10,30-31H,11-18H2,1-3H3. The number of amides is 1. The van der Waals surface area contributed by atoms with E-state index in [1.807, 2.05) is 45.0 Å². The summed E-state index contributed by atoms with van der Waals surface area (Å²) in [4.78, 5) is 30.6. The van der Waals surface area contributed by atoms with Crippen LogP contribution in [-0.2, 0) is 30.7 Å². The zero-order valence-corrected chi connectivity index (χ0v) is 25.0. The van der Waals surface area contributed by atoms with Crippen LogP contribution in [0.3, 0.4) is 0 Å². The maximum Gasteiger partial charge on any atom is 0.416 e. The van der Waals surface area contributed by atoms with Crippen molar-refractivity contribution in [3.63, 3.8) is 0 Å². The van der Waals surface area contributed by atoms with Crippen molar-refractivity contribution in [1.29, 1.82) is 0 Å². The highest BCUT2D eigenvalue weighted by Gasteiger charge is 2.29. The molecule has 0 saturated heterocycles. The van der Waals surface area contributed by atoms with Gasteiger partial charge in [-0.05, 0) is 38.5 Å². The molecular formula is C27H34Cl2N4O6S. The fraction of sp³-hybridized carbons (Fsp3) is 0.444. The number of hydrogen-bond acceptors (Lipinski definition) is 9. The molecule has 0 atom stereocenters. The average Bonchev–Trinajstić information content (AvgIpc) is 3.37. The number of ketones is 1. The van der Waals surface area contributed by atoms with E-state index in [0.717, 1.165) is 11.1 Å². The SMILES string of the molecule is CC(C)(C)OC(=O)N1CCN=C1c1ccc(CNCC(=O)COCCNCS(=O)(=O)c2cccc(Cl)c2Cl)cc1. The Kier molecular flexibility index (Phi) is 11.5. The molecule has 0 bridgehead atoms. The molecule has 3 rings (SSSR count). The summed E-state index contributed by atoms with van der Waals surface area (Å²) in [6, 6.07) is 12.0. The highest BCUT2D eigenvalue weighted by Crippen LogP contribution is 2.29. The molecule has 1 aliphatic heterocycles. The number of amidine groups is 1. The van der Waals surface area contributed by atoms with Gasteiger partial charge in [0.05, 0.1) is 41.2 Å². The van der Waals surface area contributed by atoms with Crippen molar-refractivity contribution in [2.75, 3.05) is 45.3 Å². The van der Waals surface area contributed by atoms with Gasteiger partial charge < -0.3 is 20.1 Å². The molecule has 0 saturated carbocycles. The largest absolute Gasteiger partial charge is 0.443 e. The van der Waals surface area contributed by atoms with Crippen LogP contribution in [0.25, 0.3) is 0 Å². The van der Waals surface area contributed by atoms with E-state index in [4.69, 9.17) is 32.7 Å². The molecule has 218 valence electrons. The topological polar surface area (TPSA) is 126 Å². The van der Waals surface area contributed by atoms with Crippen molar-refractivity contribution in [3.8, 4) is 0 Å². The Labute approximate surface area is 244 Å². The van der Waals surface area contributed by atoms with E-state index in [2.05, 4.69) is 15.6 Å². The van der Waals surface area contributed by atoms with E-state index in [1.165, 1.54) is 18.2 Å². The Bertz CT molecular complexity index is 1330. The molecule has 0 aliphatic carbocycles. The lowest BCUT2D eigenvalue weighted by atomic mass is 10.1. The van der Waals surface area contributed by atoms with Crippen molar-refractivity contribution in [2.45, 2.75) is 37.8 Å². The molecule has 2 N–H and O–H groups in total. The first-order chi connectivity index (χ1) is 18.9. The van der Waals surface area contributed by atoms with Crippen LogP contribution in [0.4, 0.5) is 4.79 Å². The molecule has 1 amide bonds. The fourth-order valence-corrected chi connectivity index (χ4v) is 5.64. The number of aliphatic imine (C=N–C) groups is 1. The summed E-state index contributed by atoms with van der Waals surface area (Å²) in [7, 11) is -3.67. The number of ether oxygens (including phenoxy) is 2. The summed E-state index contributed by atoms with van der Waals surface area (Å²) < 4.78 is 35.7. The first kappa shape index (κ1) is 32.0. The van der Waals surface area contributed by atoms with Crippen molar-refractivity contribution in [1.82, 2.24) is 15.5 Å². The van der Waals surface area contributed by atoms with E-state index in [-0.39, 0.29) is 52.9 Å². The average molecular weight is 614 g/mol. The van der Waals surface area contributed by atoms with Gasteiger partial charge in [-0.1, -0.05) is 53.5 Å². The van der Waals surface area contributed by atoms with Crippen LogP contribution in [0.15, 0.2) is 52.4 Å². The van der Waals surface area contributed by atoms with Gasteiger partial charge in [-0.25, -0.2) is 13.2 Å². The third kappa shape index (κ3) is 9.53. The Balaban J connectivity index is 1.33. The molecule has 2 aromatic rings. The molecule has 0 aromatic heterocycles. The number of hydrogen-bond donors (Lipinski definition) is 2. The number of rotatable bonds is 13. The number of sulfone groups is 1. The van der Waals surface area contributed by atoms with Crippen molar-refractivity contribution < 1.29 is 27.5 Å². The smallest absolute Gasteiger partial charge is 0.416 e. The van der Waals surface area contributed by atoms with Gasteiger partial charge in [-0.3, -0.25) is 14.7 Å². The lowest BCUT2D eigenvalue weighted by Gasteiger charge is -2.25. The minimum Gasteiger partial charge on any atom is -0.443 e. The monoisotopic (exact) mass is 612 g/mol. The Morgan fingerprint density at radius 3 is 2.50 bits per heavy atom. The van der Waals surface area contributed by atoms with E-state index >= 15 is 0 Å². The van der Waals surface area contributed by atoms with Gasteiger partial charge in [-0.15, -0.1) is 0 Å². The number of carbonyl (C=O) groups excluding carboxylic acids is 2. The zero-order valence-electron chi connectivity index (χ0n) is 22.7. The molecule has 13 heteroatoms. The molecule has 0 spiro atoms. The van der Waals surface area contributed by atoms with Crippen molar-refractivity contribution in [2.24, 2.45) is 4.99 Å². The first-order valence-corrected chi connectivity index (χ1v) is 15.1. The van der Waals surface area contributed by atoms with E-state index in [0.29, 0.717) is 25.5 Å². The van der Waals surface area contributed by atoms with Gasteiger partial charge >= 0.3 is 6.09 Å². The van der Waals surface area contributed by atoms with Crippen molar-refractivity contribution >= 4 is 50.8 Å². The van der Waals surface area contributed by atoms with Gasteiger partial charge in [0, 0.05) is 18.7 Å². The molecule has 10 nitrogen and oxygen atoms in total. The summed E-state index contributed by atoms with van der Waals surface area (Å²) in [6.07, 6.45) is -0.418. The summed E-state index contributed by atoms with van der Waals surface area (Å²) in [6.45, 7) is 7.37. The maximum absolute atomic E-state index is 12.5. The zero-order chi connectivity index (χ0) is 29.3. The molecule has 0 radical (unpaired) electrons. The Morgan fingerprint density at radius 2 is 1.80 bits per heavy atom. The highest BCUT2D eigenvalue weighted by molar-refractivity contribution is 7.91. The Hall–Kier alpha value is -2.54. The van der Waals surface area contributed by atoms with Crippen LogP contribution in [0.1, 0.15) is 31.9 Å². The first-order valence-electron chi connectivity index (χ1n) is 12.7. The Morgan fingerprint density at radius 1 is 1.07 bits per heavy atom. The maximum atomic E-state index is 12.5. The summed E-state index contributed by atoms with van der Waals surface area (Å²) in [5.41, 5.74) is 1.19. The number of Topliss-reactive ketones (excluding diaryl/α,β-unsaturated/α-hetero) is 1. The third-order valence-corrected chi connectivity index (χ3v) is 8.07. The predicted molar refractivity (Wildman–Crippen MR) is 155 cm³/mol. The summed E-state index contributed by atoms with van der Waals surface area (Å²) >= 11 is 11.9. The van der Waals surface area contributed by atoms with E-state index < -0.39 is 21.5 Å². The van der Waals surface area contributed by atoms with E-state index in [1.54, 1.807) is 4.90 Å². The van der Waals surface area contributed by atoms with Crippen LogP contribution >= 0.6 is 23.2 Å². The molecule has 0 fully saturated rings. The molecule has 2 aromatic carbocycles. The number of benzene rings is 2. The van der Waals surface area contributed by atoms with Gasteiger partial charge in [0.15, 0.2) is 15.6 Å². The minimum atomic E-state index is -3.67.